The Morgan fingerprint density at radius 2 is 2.44 bits per heavy atom. The molecule has 0 aromatic carbocycles. The molecule has 0 aliphatic carbocycles. The molecule has 1 aromatic heterocycles. The molecule has 0 N–H and O–H groups in total. The molecular weight excluding hydrogens is 112 g/mol. The molecular formula is C7H8N2. The van der Waals surface area contributed by atoms with Gasteiger partial charge in [-0.1, -0.05) is 5.92 Å². The molecule has 1 rings (SSSR count). The summed E-state index contributed by atoms with van der Waals surface area (Å²) in [6, 6.07) is 0. The van der Waals surface area contributed by atoms with Crippen molar-refractivity contribution >= 4 is 0 Å². The van der Waals surface area contributed by atoms with Crippen LogP contribution in [-0.2, 0) is 7.05 Å². The first-order valence-corrected chi connectivity index (χ1v) is 2.71. The number of rotatable bonds is 0. The summed E-state index contributed by atoms with van der Waals surface area (Å²) in [5, 5.41) is 4.06. The molecule has 0 saturated carbocycles. The van der Waals surface area contributed by atoms with Crippen molar-refractivity contribution in [2.45, 2.75) is 6.92 Å². The monoisotopic (exact) mass is 120 g/mol. The van der Waals surface area contributed by atoms with Gasteiger partial charge in [0.1, 0.15) is 0 Å². The van der Waals surface area contributed by atoms with Gasteiger partial charge in [0.25, 0.3) is 0 Å². The first kappa shape index (κ1) is 5.90. The Balaban J connectivity index is 3.20. The van der Waals surface area contributed by atoms with Crippen molar-refractivity contribution in [3.63, 3.8) is 0 Å². The summed E-state index contributed by atoms with van der Waals surface area (Å²) in [6.07, 6.45) is 6.99. The Bertz CT molecular complexity index is 252. The molecule has 0 atom stereocenters. The van der Waals surface area contributed by atoms with E-state index in [1.807, 2.05) is 20.2 Å². The van der Waals surface area contributed by atoms with E-state index in [2.05, 4.69) is 11.0 Å². The van der Waals surface area contributed by atoms with Gasteiger partial charge in [0.2, 0.25) is 0 Å². The van der Waals surface area contributed by atoms with E-state index in [1.54, 1.807) is 4.68 Å². The molecule has 0 bridgehead atoms. The highest BCUT2D eigenvalue weighted by Gasteiger charge is 1.96. The van der Waals surface area contributed by atoms with Gasteiger partial charge >= 0.3 is 0 Å². The van der Waals surface area contributed by atoms with Crippen LogP contribution in [0, 0.1) is 19.3 Å². The minimum absolute atomic E-state index is 0.873. The van der Waals surface area contributed by atoms with Crippen molar-refractivity contribution in [1.82, 2.24) is 9.78 Å². The molecule has 0 fully saturated rings. The highest BCUT2D eigenvalue weighted by atomic mass is 15.2. The van der Waals surface area contributed by atoms with Crippen molar-refractivity contribution in [2.24, 2.45) is 7.05 Å². The predicted molar refractivity (Wildman–Crippen MR) is 35.9 cm³/mol. The lowest BCUT2D eigenvalue weighted by atomic mass is 10.3. The highest BCUT2D eigenvalue weighted by molar-refractivity contribution is 5.32. The summed E-state index contributed by atoms with van der Waals surface area (Å²) in [5.74, 6) is 2.53. The van der Waals surface area contributed by atoms with E-state index in [0.717, 1.165) is 11.3 Å². The normalized spacial score (nSPS) is 9.00. The van der Waals surface area contributed by atoms with Crippen LogP contribution in [0.25, 0.3) is 0 Å². The van der Waals surface area contributed by atoms with Crippen LogP contribution >= 0.6 is 0 Å². The van der Waals surface area contributed by atoms with Crippen LogP contribution in [-0.4, -0.2) is 9.78 Å². The molecule has 0 aliphatic rings. The predicted octanol–water partition coefficient (Wildman–Crippen LogP) is 0.710. The molecule has 0 spiro atoms. The lowest BCUT2D eigenvalue weighted by molar-refractivity contribution is 0.756. The average Bonchev–Trinajstić information content (AvgIpc) is 2.10. The fourth-order valence-electron chi connectivity index (χ4n) is 0.741. The maximum Gasteiger partial charge on any atom is 0.0749 e. The van der Waals surface area contributed by atoms with Crippen LogP contribution in [0.5, 0.6) is 0 Å². The summed E-state index contributed by atoms with van der Waals surface area (Å²) in [5.41, 5.74) is 1.79. The maximum atomic E-state index is 5.16. The summed E-state index contributed by atoms with van der Waals surface area (Å²) >= 11 is 0. The third-order valence-electron chi connectivity index (χ3n) is 1.17. The van der Waals surface area contributed by atoms with Gasteiger partial charge in [-0.25, -0.2) is 0 Å². The molecule has 0 unspecified atom stereocenters. The van der Waals surface area contributed by atoms with Gasteiger partial charge in [-0.3, -0.25) is 4.68 Å². The summed E-state index contributed by atoms with van der Waals surface area (Å²) in [4.78, 5) is 0. The number of hydrogen-bond donors (Lipinski definition) is 0. The molecule has 46 valence electrons. The van der Waals surface area contributed by atoms with Crippen molar-refractivity contribution in [3.8, 4) is 12.3 Å². The average molecular weight is 120 g/mol. The smallest absolute Gasteiger partial charge is 0.0749 e. The van der Waals surface area contributed by atoms with Crippen LogP contribution in [0.2, 0.25) is 0 Å². The second-order valence-corrected chi connectivity index (χ2v) is 1.95. The van der Waals surface area contributed by atoms with Crippen LogP contribution in [0.3, 0.4) is 0 Å². The Hall–Kier alpha value is -1.23. The second kappa shape index (κ2) is 1.94. The number of terminal acetylenes is 1. The SMILES string of the molecule is C#Cc1cn(C)nc1C. The standard InChI is InChI=1S/C7H8N2/c1-4-7-5-9(3)8-6(7)2/h1,5H,2-3H3. The Morgan fingerprint density at radius 1 is 1.78 bits per heavy atom. The fourth-order valence-corrected chi connectivity index (χ4v) is 0.741. The minimum atomic E-state index is 0.873. The lowest BCUT2D eigenvalue weighted by Crippen LogP contribution is -1.86. The molecule has 0 saturated heterocycles. The number of hydrogen-bond acceptors (Lipinski definition) is 1. The van der Waals surface area contributed by atoms with E-state index >= 15 is 0 Å². The van der Waals surface area contributed by atoms with Crippen LogP contribution in [0.1, 0.15) is 11.3 Å². The summed E-state index contributed by atoms with van der Waals surface area (Å²) < 4.78 is 1.71. The lowest BCUT2D eigenvalue weighted by Gasteiger charge is -1.79. The van der Waals surface area contributed by atoms with Gasteiger partial charge in [0.05, 0.1) is 11.3 Å². The van der Waals surface area contributed by atoms with E-state index < -0.39 is 0 Å². The molecule has 1 aromatic rings. The van der Waals surface area contributed by atoms with Gasteiger partial charge in [-0.2, -0.15) is 5.10 Å². The van der Waals surface area contributed by atoms with Gasteiger partial charge in [-0.05, 0) is 6.92 Å². The summed E-state index contributed by atoms with van der Waals surface area (Å²) in [7, 11) is 1.86. The third kappa shape index (κ3) is 0.945. The zero-order valence-electron chi connectivity index (χ0n) is 5.55. The van der Waals surface area contributed by atoms with Crippen molar-refractivity contribution in [2.75, 3.05) is 0 Å². The Kier molecular flexibility index (Phi) is 1.27. The van der Waals surface area contributed by atoms with Crippen LogP contribution < -0.4 is 0 Å². The molecule has 2 heteroatoms. The topological polar surface area (TPSA) is 17.8 Å². The second-order valence-electron chi connectivity index (χ2n) is 1.95. The third-order valence-corrected chi connectivity index (χ3v) is 1.17. The van der Waals surface area contributed by atoms with E-state index in [4.69, 9.17) is 6.42 Å². The maximum absolute atomic E-state index is 5.16. The Labute approximate surface area is 54.5 Å². The van der Waals surface area contributed by atoms with Crippen LogP contribution in [0.15, 0.2) is 6.20 Å². The van der Waals surface area contributed by atoms with Gasteiger partial charge in [0, 0.05) is 13.2 Å². The zero-order chi connectivity index (χ0) is 6.85. The van der Waals surface area contributed by atoms with Crippen molar-refractivity contribution < 1.29 is 0 Å². The van der Waals surface area contributed by atoms with Crippen LogP contribution in [0.4, 0.5) is 0 Å². The quantitative estimate of drug-likeness (QED) is 0.461. The molecule has 0 radical (unpaired) electrons. The van der Waals surface area contributed by atoms with Crippen molar-refractivity contribution in [1.29, 1.82) is 0 Å². The number of nitrogens with zero attached hydrogens (tertiary/aromatic N) is 2. The Morgan fingerprint density at radius 3 is 2.67 bits per heavy atom. The largest absolute Gasteiger partial charge is 0.274 e. The molecule has 0 amide bonds. The zero-order valence-corrected chi connectivity index (χ0v) is 5.55. The minimum Gasteiger partial charge on any atom is -0.274 e. The first-order chi connectivity index (χ1) is 4.24. The van der Waals surface area contributed by atoms with E-state index in [1.165, 1.54) is 0 Å². The fraction of sp³-hybridized carbons (Fsp3) is 0.286. The van der Waals surface area contributed by atoms with Gasteiger partial charge < -0.3 is 0 Å². The van der Waals surface area contributed by atoms with Gasteiger partial charge in [0.15, 0.2) is 0 Å². The molecule has 2 nitrogen and oxygen atoms in total. The summed E-state index contributed by atoms with van der Waals surface area (Å²) in [6.45, 7) is 1.90. The number of aromatic nitrogens is 2. The van der Waals surface area contributed by atoms with E-state index in [0.29, 0.717) is 0 Å². The number of aryl methyl sites for hydroxylation is 2. The van der Waals surface area contributed by atoms with Crippen molar-refractivity contribution in [3.05, 3.63) is 17.5 Å². The molecule has 1 heterocycles. The molecule has 9 heavy (non-hydrogen) atoms. The molecule has 0 aliphatic heterocycles. The van der Waals surface area contributed by atoms with E-state index in [-0.39, 0.29) is 0 Å². The van der Waals surface area contributed by atoms with Gasteiger partial charge in [-0.15, -0.1) is 6.42 Å². The first-order valence-electron chi connectivity index (χ1n) is 2.71. The van der Waals surface area contributed by atoms with E-state index in [9.17, 15) is 0 Å². The highest BCUT2D eigenvalue weighted by Crippen LogP contribution is 2.00.